The molecule has 0 unspecified atom stereocenters. The number of aryl methyl sites for hydroxylation is 1. The van der Waals surface area contributed by atoms with Gasteiger partial charge in [-0.05, 0) is 54.8 Å². The number of benzene rings is 1. The van der Waals surface area contributed by atoms with Crippen LogP contribution in [0.1, 0.15) is 11.1 Å². The smallest absolute Gasteiger partial charge is 0.0371 e. The molecule has 0 atom stereocenters. The molecule has 0 saturated heterocycles. The largest absolute Gasteiger partial charge is 0.399 e. The minimum atomic E-state index is 0.808. The van der Waals surface area contributed by atoms with Crippen LogP contribution in [0.2, 0.25) is 0 Å². The van der Waals surface area contributed by atoms with Crippen LogP contribution in [0, 0.1) is 6.92 Å². The molecule has 1 aromatic carbocycles. The molecule has 1 heterocycles. The van der Waals surface area contributed by atoms with Crippen LogP contribution in [-0.2, 0) is 6.42 Å². The lowest BCUT2D eigenvalue weighted by molar-refractivity contribution is 1.01. The van der Waals surface area contributed by atoms with E-state index in [0.717, 1.165) is 24.3 Å². The first-order valence-electron chi connectivity index (χ1n) is 5.74. The highest BCUT2D eigenvalue weighted by Crippen LogP contribution is 2.17. The fourth-order valence-electron chi connectivity index (χ4n) is 1.78. The molecule has 1 aromatic heterocycles. The lowest BCUT2D eigenvalue weighted by Crippen LogP contribution is -2.06. The summed E-state index contributed by atoms with van der Waals surface area (Å²) in [4.78, 5) is 4.00. The maximum Gasteiger partial charge on any atom is 0.0371 e. The summed E-state index contributed by atoms with van der Waals surface area (Å²) >= 11 is 0. The standard InChI is InChI=1S/C14H17N3/c1-11-10-13(15)2-3-14(11)17-9-6-12-4-7-16-8-5-12/h2-5,7-8,10,17H,6,9,15H2,1H3. The van der Waals surface area contributed by atoms with Crippen molar-refractivity contribution in [1.82, 2.24) is 4.98 Å². The summed E-state index contributed by atoms with van der Waals surface area (Å²) in [6, 6.07) is 10.0. The molecular weight excluding hydrogens is 210 g/mol. The van der Waals surface area contributed by atoms with Crippen LogP contribution in [0.15, 0.2) is 42.7 Å². The van der Waals surface area contributed by atoms with E-state index in [1.165, 1.54) is 11.1 Å². The predicted octanol–water partition coefficient (Wildman–Crippen LogP) is 2.63. The monoisotopic (exact) mass is 227 g/mol. The van der Waals surface area contributed by atoms with Gasteiger partial charge in [0.1, 0.15) is 0 Å². The maximum absolute atomic E-state index is 5.71. The summed E-state index contributed by atoms with van der Waals surface area (Å²) in [5.41, 5.74) is 10.1. The van der Waals surface area contributed by atoms with Crippen LogP contribution < -0.4 is 11.1 Å². The Hall–Kier alpha value is -2.03. The Balaban J connectivity index is 1.90. The molecule has 0 spiro atoms. The van der Waals surface area contributed by atoms with Crippen molar-refractivity contribution in [2.24, 2.45) is 0 Å². The zero-order valence-corrected chi connectivity index (χ0v) is 9.98. The number of hydrogen-bond donors (Lipinski definition) is 2. The molecule has 3 nitrogen and oxygen atoms in total. The molecule has 0 aliphatic heterocycles. The molecule has 0 amide bonds. The van der Waals surface area contributed by atoms with Gasteiger partial charge in [-0.15, -0.1) is 0 Å². The highest BCUT2D eigenvalue weighted by Gasteiger charge is 1.98. The van der Waals surface area contributed by atoms with Crippen molar-refractivity contribution in [2.75, 3.05) is 17.6 Å². The van der Waals surface area contributed by atoms with Crippen LogP contribution in [0.4, 0.5) is 11.4 Å². The number of aromatic nitrogens is 1. The molecule has 2 rings (SSSR count). The summed E-state index contributed by atoms with van der Waals surface area (Å²) in [6.07, 6.45) is 4.64. The molecule has 0 aliphatic rings. The fraction of sp³-hybridized carbons (Fsp3) is 0.214. The van der Waals surface area contributed by atoms with E-state index in [4.69, 9.17) is 5.73 Å². The van der Waals surface area contributed by atoms with E-state index in [2.05, 4.69) is 17.2 Å². The van der Waals surface area contributed by atoms with Crippen molar-refractivity contribution in [3.63, 3.8) is 0 Å². The second kappa shape index (κ2) is 5.34. The average Bonchev–Trinajstić information content (AvgIpc) is 2.33. The Morgan fingerprint density at radius 2 is 1.94 bits per heavy atom. The highest BCUT2D eigenvalue weighted by molar-refractivity contribution is 5.57. The topological polar surface area (TPSA) is 50.9 Å². The number of nitrogens with zero attached hydrogens (tertiary/aromatic N) is 1. The Kier molecular flexibility index (Phi) is 3.60. The number of nitrogens with two attached hydrogens (primary N) is 1. The Morgan fingerprint density at radius 1 is 1.18 bits per heavy atom. The van der Waals surface area contributed by atoms with Crippen LogP contribution in [-0.4, -0.2) is 11.5 Å². The first-order chi connectivity index (χ1) is 8.25. The summed E-state index contributed by atoms with van der Waals surface area (Å²) in [7, 11) is 0. The van der Waals surface area contributed by atoms with E-state index in [0.29, 0.717) is 0 Å². The van der Waals surface area contributed by atoms with Gasteiger partial charge >= 0.3 is 0 Å². The first kappa shape index (κ1) is 11.5. The third kappa shape index (κ3) is 3.21. The van der Waals surface area contributed by atoms with Gasteiger partial charge in [0, 0.05) is 30.3 Å². The van der Waals surface area contributed by atoms with Crippen molar-refractivity contribution in [3.8, 4) is 0 Å². The van der Waals surface area contributed by atoms with Crippen molar-refractivity contribution < 1.29 is 0 Å². The molecule has 2 aromatic rings. The van der Waals surface area contributed by atoms with Crippen molar-refractivity contribution in [2.45, 2.75) is 13.3 Å². The second-order valence-corrected chi connectivity index (χ2v) is 4.11. The Morgan fingerprint density at radius 3 is 2.65 bits per heavy atom. The van der Waals surface area contributed by atoms with Gasteiger partial charge in [0.05, 0.1) is 0 Å². The lowest BCUT2D eigenvalue weighted by Gasteiger charge is -2.10. The van der Waals surface area contributed by atoms with Gasteiger partial charge < -0.3 is 11.1 Å². The first-order valence-corrected chi connectivity index (χ1v) is 5.74. The zero-order chi connectivity index (χ0) is 12.1. The number of nitrogen functional groups attached to an aromatic ring is 1. The van der Waals surface area contributed by atoms with Gasteiger partial charge in [-0.2, -0.15) is 0 Å². The van der Waals surface area contributed by atoms with E-state index < -0.39 is 0 Å². The van der Waals surface area contributed by atoms with E-state index >= 15 is 0 Å². The molecule has 0 radical (unpaired) electrons. The number of pyridine rings is 1. The molecule has 0 bridgehead atoms. The molecule has 17 heavy (non-hydrogen) atoms. The SMILES string of the molecule is Cc1cc(N)ccc1NCCc1ccncc1. The number of hydrogen-bond acceptors (Lipinski definition) is 3. The molecular formula is C14H17N3. The van der Waals surface area contributed by atoms with Crippen molar-refractivity contribution in [3.05, 3.63) is 53.9 Å². The van der Waals surface area contributed by atoms with Gasteiger partial charge in [-0.1, -0.05) is 0 Å². The fourth-order valence-corrected chi connectivity index (χ4v) is 1.78. The second-order valence-electron chi connectivity index (χ2n) is 4.11. The van der Waals surface area contributed by atoms with E-state index in [1.807, 2.05) is 42.7 Å². The van der Waals surface area contributed by atoms with E-state index in [-0.39, 0.29) is 0 Å². The molecule has 3 heteroatoms. The van der Waals surface area contributed by atoms with Crippen molar-refractivity contribution >= 4 is 11.4 Å². The molecule has 88 valence electrons. The van der Waals surface area contributed by atoms with Crippen molar-refractivity contribution in [1.29, 1.82) is 0 Å². The maximum atomic E-state index is 5.71. The van der Waals surface area contributed by atoms with Crippen LogP contribution in [0.5, 0.6) is 0 Å². The third-order valence-electron chi connectivity index (χ3n) is 2.73. The summed E-state index contributed by atoms with van der Waals surface area (Å²) < 4.78 is 0. The van der Waals surface area contributed by atoms with Gasteiger partial charge in [0.15, 0.2) is 0 Å². The summed E-state index contributed by atoms with van der Waals surface area (Å²) in [5, 5.41) is 3.41. The van der Waals surface area contributed by atoms with Crippen LogP contribution in [0.25, 0.3) is 0 Å². The van der Waals surface area contributed by atoms with Gasteiger partial charge in [0.2, 0.25) is 0 Å². The van der Waals surface area contributed by atoms with Gasteiger partial charge in [-0.25, -0.2) is 0 Å². The normalized spacial score (nSPS) is 10.2. The van der Waals surface area contributed by atoms with Crippen LogP contribution in [0.3, 0.4) is 0 Å². The Labute approximate surface area is 102 Å². The number of anilines is 2. The quantitative estimate of drug-likeness (QED) is 0.789. The van der Waals surface area contributed by atoms with E-state index in [1.54, 1.807) is 0 Å². The van der Waals surface area contributed by atoms with Gasteiger partial charge in [-0.3, -0.25) is 4.98 Å². The average molecular weight is 227 g/mol. The summed E-state index contributed by atoms with van der Waals surface area (Å²) in [6.45, 7) is 2.97. The minimum Gasteiger partial charge on any atom is -0.399 e. The zero-order valence-electron chi connectivity index (χ0n) is 9.98. The minimum absolute atomic E-state index is 0.808. The molecule has 0 aliphatic carbocycles. The number of nitrogens with one attached hydrogen (secondary N) is 1. The molecule has 3 N–H and O–H groups in total. The predicted molar refractivity (Wildman–Crippen MR) is 72.0 cm³/mol. The number of rotatable bonds is 4. The highest BCUT2D eigenvalue weighted by atomic mass is 14.9. The Bertz CT molecular complexity index is 480. The molecule has 0 fully saturated rings. The lowest BCUT2D eigenvalue weighted by atomic mass is 10.1. The van der Waals surface area contributed by atoms with Gasteiger partial charge in [0.25, 0.3) is 0 Å². The van der Waals surface area contributed by atoms with Crippen LogP contribution >= 0.6 is 0 Å². The third-order valence-corrected chi connectivity index (χ3v) is 2.73. The van der Waals surface area contributed by atoms with E-state index in [9.17, 15) is 0 Å². The summed E-state index contributed by atoms with van der Waals surface area (Å²) in [5.74, 6) is 0. The molecule has 0 saturated carbocycles.